The number of hydrogen-bond acceptors (Lipinski definition) is 2. The Balaban J connectivity index is 2.16. The molecule has 7 heteroatoms. The van der Waals surface area contributed by atoms with Crippen LogP contribution in [0, 0.1) is 12.8 Å². The van der Waals surface area contributed by atoms with Gasteiger partial charge in [-0.2, -0.15) is 0 Å². The molecule has 0 aromatic heterocycles. The highest BCUT2D eigenvalue weighted by Crippen LogP contribution is 2.22. The molecule has 27 heavy (non-hydrogen) atoms. The van der Waals surface area contributed by atoms with Gasteiger partial charge in [0.15, 0.2) is 0 Å². The van der Waals surface area contributed by atoms with Crippen molar-refractivity contribution in [3.8, 4) is 0 Å². The van der Waals surface area contributed by atoms with Crippen molar-refractivity contribution in [3.05, 3.63) is 62.6 Å². The molecule has 2 N–H and O–H groups in total. The largest absolute Gasteiger partial charge is 0.340 e. The van der Waals surface area contributed by atoms with E-state index in [0.717, 1.165) is 5.56 Å². The molecule has 0 bridgehead atoms. The summed E-state index contributed by atoms with van der Waals surface area (Å²) in [5.74, 6) is -0.551. The van der Waals surface area contributed by atoms with Crippen molar-refractivity contribution in [2.45, 2.75) is 33.2 Å². The Morgan fingerprint density at radius 3 is 2.30 bits per heavy atom. The maximum Gasteiger partial charge on any atom is 0.253 e. The quantitative estimate of drug-likeness (QED) is 0.617. The lowest BCUT2D eigenvalue weighted by atomic mass is 10.0. The molecule has 144 valence electrons. The molecule has 2 amide bonds. The fourth-order valence-electron chi connectivity index (χ4n) is 2.51. The molecule has 4 nitrogen and oxygen atoms in total. The van der Waals surface area contributed by atoms with E-state index in [-0.39, 0.29) is 22.4 Å². The first-order chi connectivity index (χ1) is 12.7. The second kappa shape index (κ2) is 9.45. The minimum absolute atomic E-state index is 0.198. The number of carbonyl (C=O) groups excluding carboxylic acids is 2. The summed E-state index contributed by atoms with van der Waals surface area (Å²) < 4.78 is 0. The second-order valence-corrected chi connectivity index (χ2v) is 7.98. The Morgan fingerprint density at radius 1 is 1.00 bits per heavy atom. The van der Waals surface area contributed by atoms with E-state index in [1.165, 1.54) is 12.1 Å². The molecule has 0 aliphatic carbocycles. The molecule has 2 rings (SSSR count). The summed E-state index contributed by atoms with van der Waals surface area (Å²) in [6, 6.07) is 9.15. The highest BCUT2D eigenvalue weighted by molar-refractivity contribution is 6.36. The van der Waals surface area contributed by atoms with Gasteiger partial charge in [-0.25, -0.2) is 0 Å². The minimum atomic E-state index is -0.718. The van der Waals surface area contributed by atoms with Gasteiger partial charge in [0, 0.05) is 15.7 Å². The van der Waals surface area contributed by atoms with E-state index in [4.69, 9.17) is 34.8 Å². The molecule has 0 saturated carbocycles. The van der Waals surface area contributed by atoms with Gasteiger partial charge in [0.05, 0.1) is 10.6 Å². The van der Waals surface area contributed by atoms with Crippen LogP contribution in [0.5, 0.6) is 0 Å². The zero-order valence-electron chi connectivity index (χ0n) is 15.3. The molecule has 0 radical (unpaired) electrons. The summed E-state index contributed by atoms with van der Waals surface area (Å²) in [7, 11) is 0. The minimum Gasteiger partial charge on any atom is -0.340 e. The summed E-state index contributed by atoms with van der Waals surface area (Å²) in [5.41, 5.74) is 1.75. The Labute approximate surface area is 174 Å². The average Bonchev–Trinajstić information content (AvgIpc) is 2.57. The van der Waals surface area contributed by atoms with Gasteiger partial charge in [-0.3, -0.25) is 9.59 Å². The Hall–Kier alpha value is -1.75. The van der Waals surface area contributed by atoms with Gasteiger partial charge in [-0.05, 0) is 55.2 Å². The third-order valence-corrected chi connectivity index (χ3v) is 4.90. The molecule has 1 atom stereocenters. The molecule has 0 aliphatic heterocycles. The molecule has 0 unspecified atom stereocenters. The number of halogens is 3. The fourth-order valence-corrected chi connectivity index (χ4v) is 3.19. The van der Waals surface area contributed by atoms with Crippen LogP contribution < -0.4 is 10.6 Å². The van der Waals surface area contributed by atoms with Gasteiger partial charge in [0.25, 0.3) is 5.91 Å². The highest BCUT2D eigenvalue weighted by atomic mass is 35.5. The van der Waals surface area contributed by atoms with Crippen LogP contribution in [0.3, 0.4) is 0 Å². The number of rotatable bonds is 6. The van der Waals surface area contributed by atoms with Crippen LogP contribution in [0.1, 0.15) is 36.2 Å². The number of amides is 2. The number of aryl methyl sites for hydroxylation is 1. The van der Waals surface area contributed by atoms with Crippen LogP contribution in [0.2, 0.25) is 15.1 Å². The van der Waals surface area contributed by atoms with Crippen LogP contribution in [-0.2, 0) is 4.79 Å². The second-order valence-electron chi connectivity index (χ2n) is 6.73. The van der Waals surface area contributed by atoms with Gasteiger partial charge < -0.3 is 10.6 Å². The lowest BCUT2D eigenvalue weighted by Crippen LogP contribution is -2.44. The van der Waals surface area contributed by atoms with E-state index in [9.17, 15) is 9.59 Å². The summed E-state index contributed by atoms with van der Waals surface area (Å²) in [6.07, 6.45) is 0.475. The van der Waals surface area contributed by atoms with Gasteiger partial charge in [-0.1, -0.05) is 54.7 Å². The molecular weight excluding hydrogens is 407 g/mol. The van der Waals surface area contributed by atoms with Gasteiger partial charge >= 0.3 is 0 Å². The zero-order valence-corrected chi connectivity index (χ0v) is 17.5. The predicted molar refractivity (Wildman–Crippen MR) is 112 cm³/mol. The first-order valence-electron chi connectivity index (χ1n) is 8.50. The average molecular weight is 428 g/mol. The van der Waals surface area contributed by atoms with Gasteiger partial charge in [-0.15, -0.1) is 0 Å². The molecule has 0 spiro atoms. The van der Waals surface area contributed by atoms with E-state index >= 15 is 0 Å². The van der Waals surface area contributed by atoms with Crippen molar-refractivity contribution in [1.82, 2.24) is 5.32 Å². The summed E-state index contributed by atoms with van der Waals surface area (Å²) in [5, 5.41) is 6.79. The first kappa shape index (κ1) is 21.5. The topological polar surface area (TPSA) is 58.2 Å². The Kier molecular flexibility index (Phi) is 7.54. The summed E-state index contributed by atoms with van der Waals surface area (Å²) in [6.45, 7) is 5.83. The van der Waals surface area contributed by atoms with Crippen LogP contribution >= 0.6 is 34.8 Å². The predicted octanol–water partition coefficient (Wildman–Crippen LogP) is 5.74. The number of anilines is 1. The van der Waals surface area contributed by atoms with E-state index in [0.29, 0.717) is 22.2 Å². The van der Waals surface area contributed by atoms with Crippen molar-refractivity contribution >= 4 is 52.3 Å². The maximum absolute atomic E-state index is 12.7. The lowest BCUT2D eigenvalue weighted by Gasteiger charge is -2.21. The first-order valence-corrected chi connectivity index (χ1v) is 9.63. The molecule has 2 aromatic rings. The number of nitrogens with one attached hydrogen (secondary N) is 2. The molecule has 0 saturated heterocycles. The Morgan fingerprint density at radius 2 is 1.70 bits per heavy atom. The smallest absolute Gasteiger partial charge is 0.253 e. The summed E-state index contributed by atoms with van der Waals surface area (Å²) >= 11 is 18.1. The van der Waals surface area contributed by atoms with E-state index in [2.05, 4.69) is 10.6 Å². The van der Waals surface area contributed by atoms with Crippen molar-refractivity contribution in [2.75, 3.05) is 5.32 Å². The van der Waals surface area contributed by atoms with Crippen molar-refractivity contribution < 1.29 is 9.59 Å². The van der Waals surface area contributed by atoms with E-state index in [1.54, 1.807) is 18.2 Å². The number of hydrogen-bond donors (Lipinski definition) is 2. The highest BCUT2D eigenvalue weighted by Gasteiger charge is 2.24. The van der Waals surface area contributed by atoms with Crippen LogP contribution in [0.25, 0.3) is 0 Å². The Bertz CT molecular complexity index is 853. The molecule has 0 fully saturated rings. The number of carbonyl (C=O) groups is 2. The fraction of sp³-hybridized carbons (Fsp3) is 0.300. The van der Waals surface area contributed by atoms with Crippen molar-refractivity contribution in [1.29, 1.82) is 0 Å². The normalized spacial score (nSPS) is 12.0. The van der Waals surface area contributed by atoms with E-state index < -0.39 is 11.9 Å². The number of benzene rings is 2. The molecular formula is C20H21Cl3N2O2. The molecule has 2 aromatic carbocycles. The van der Waals surface area contributed by atoms with Crippen molar-refractivity contribution in [2.24, 2.45) is 5.92 Å². The van der Waals surface area contributed by atoms with Crippen LogP contribution in [0.15, 0.2) is 36.4 Å². The zero-order chi connectivity index (χ0) is 20.1. The maximum atomic E-state index is 12.7. The third-order valence-electron chi connectivity index (χ3n) is 3.94. The monoisotopic (exact) mass is 426 g/mol. The SMILES string of the molecule is Cc1ccc(NC(=O)[C@H](CC(C)C)NC(=O)c2ccc(Cl)cc2Cl)cc1Cl. The van der Waals surface area contributed by atoms with E-state index in [1.807, 2.05) is 26.8 Å². The van der Waals surface area contributed by atoms with Crippen molar-refractivity contribution in [3.63, 3.8) is 0 Å². The van der Waals surface area contributed by atoms with Crippen LogP contribution in [0.4, 0.5) is 5.69 Å². The molecule has 0 heterocycles. The summed E-state index contributed by atoms with van der Waals surface area (Å²) in [4.78, 5) is 25.3. The standard InChI is InChI=1S/C20H21Cl3N2O2/c1-11(2)8-18(20(27)24-14-6-4-12(3)16(22)10-14)25-19(26)15-7-5-13(21)9-17(15)23/h4-7,9-11,18H,8H2,1-3H3,(H,24,27)(H,25,26)/t18-/m0/s1. The van der Waals surface area contributed by atoms with Gasteiger partial charge in [0.1, 0.15) is 6.04 Å². The van der Waals surface area contributed by atoms with Crippen LogP contribution in [-0.4, -0.2) is 17.9 Å². The van der Waals surface area contributed by atoms with Gasteiger partial charge in [0.2, 0.25) is 5.91 Å². The lowest BCUT2D eigenvalue weighted by molar-refractivity contribution is -0.118. The third kappa shape index (κ3) is 6.13. The molecule has 0 aliphatic rings.